The zero-order valence-corrected chi connectivity index (χ0v) is 7.83. The second kappa shape index (κ2) is 5.39. The van der Waals surface area contributed by atoms with Crippen LogP contribution in [-0.2, 0) is 9.09 Å². The van der Waals surface area contributed by atoms with Crippen LogP contribution in [0.25, 0.3) is 0 Å². The number of hydrogen-bond acceptors (Lipinski definition) is 3. The Labute approximate surface area is 70.3 Å². The van der Waals surface area contributed by atoms with E-state index in [2.05, 4.69) is 0 Å². The molecule has 0 unspecified atom stereocenters. The fraction of sp³-hybridized carbons (Fsp3) is 1.00. The van der Waals surface area contributed by atoms with Crippen molar-refractivity contribution in [2.75, 3.05) is 24.4 Å². The van der Waals surface area contributed by atoms with Gasteiger partial charge in [-0.25, -0.2) is 0 Å². The molecule has 0 aromatic rings. The number of hydrogen-bond donors (Lipinski definition) is 1. The van der Waals surface area contributed by atoms with Crippen molar-refractivity contribution in [2.24, 2.45) is 5.73 Å². The minimum absolute atomic E-state index is 0.0451. The molecule has 0 aliphatic rings. The number of halogens is 2. The molecular formula is C4H10Cl2NO2P. The molecule has 0 aliphatic heterocycles. The van der Waals surface area contributed by atoms with Crippen LogP contribution in [0.1, 0.15) is 0 Å². The molecule has 0 saturated carbocycles. The third kappa shape index (κ3) is 3.79. The Morgan fingerprint density at radius 1 is 1.40 bits per heavy atom. The van der Waals surface area contributed by atoms with Crippen LogP contribution in [0.4, 0.5) is 0 Å². The van der Waals surface area contributed by atoms with Gasteiger partial charge in [0, 0.05) is 6.54 Å². The van der Waals surface area contributed by atoms with Gasteiger partial charge in [0.2, 0.25) is 7.37 Å². The largest absolute Gasteiger partial charge is 0.328 e. The van der Waals surface area contributed by atoms with E-state index in [1.807, 2.05) is 0 Å². The van der Waals surface area contributed by atoms with E-state index in [1.54, 1.807) is 0 Å². The summed E-state index contributed by atoms with van der Waals surface area (Å²) < 4.78 is 16.0. The van der Waals surface area contributed by atoms with Crippen LogP contribution in [0, 0.1) is 0 Å². The lowest BCUT2D eigenvalue weighted by Crippen LogP contribution is -2.07. The molecule has 0 fully saturated rings. The fourth-order valence-electron chi connectivity index (χ4n) is 0.320. The Kier molecular flexibility index (Phi) is 5.78. The first-order chi connectivity index (χ1) is 4.68. The standard InChI is InChI=1S/C4H10Cl2NO2P/c5-3-10(8,4-6)9-2-1-7/h1-4,7H2. The van der Waals surface area contributed by atoms with Gasteiger partial charge in [-0.3, -0.25) is 4.57 Å². The van der Waals surface area contributed by atoms with E-state index in [1.165, 1.54) is 0 Å². The van der Waals surface area contributed by atoms with Crippen LogP contribution >= 0.6 is 30.6 Å². The highest BCUT2D eigenvalue weighted by Gasteiger charge is 2.19. The van der Waals surface area contributed by atoms with Gasteiger partial charge in [0.15, 0.2) is 0 Å². The van der Waals surface area contributed by atoms with Crippen LogP contribution in [0.3, 0.4) is 0 Å². The molecule has 0 aromatic heterocycles. The average molecular weight is 206 g/mol. The van der Waals surface area contributed by atoms with Gasteiger partial charge in [-0.05, 0) is 0 Å². The van der Waals surface area contributed by atoms with Crippen molar-refractivity contribution in [2.45, 2.75) is 0 Å². The molecule has 0 bridgehead atoms. The van der Waals surface area contributed by atoms with Gasteiger partial charge in [-0.2, -0.15) is 0 Å². The van der Waals surface area contributed by atoms with E-state index >= 15 is 0 Å². The first-order valence-corrected chi connectivity index (χ1v) is 5.79. The maximum Gasteiger partial charge on any atom is 0.231 e. The molecule has 3 nitrogen and oxygen atoms in total. The van der Waals surface area contributed by atoms with E-state index in [4.69, 9.17) is 33.5 Å². The molecule has 0 saturated heterocycles. The van der Waals surface area contributed by atoms with E-state index in [0.717, 1.165) is 0 Å². The van der Waals surface area contributed by atoms with Crippen molar-refractivity contribution >= 4 is 30.6 Å². The van der Waals surface area contributed by atoms with Crippen LogP contribution in [0.2, 0.25) is 0 Å². The van der Waals surface area contributed by atoms with E-state index in [-0.39, 0.29) is 17.8 Å². The zero-order valence-electron chi connectivity index (χ0n) is 5.43. The lowest BCUT2D eigenvalue weighted by Gasteiger charge is -2.10. The van der Waals surface area contributed by atoms with Crippen molar-refractivity contribution in [3.63, 3.8) is 0 Å². The Balaban J connectivity index is 3.70. The smallest absolute Gasteiger partial charge is 0.231 e. The maximum absolute atomic E-state index is 11.2. The Bertz CT molecular complexity index is 124. The summed E-state index contributed by atoms with van der Waals surface area (Å²) >= 11 is 10.7. The molecule has 0 spiro atoms. The second-order valence-electron chi connectivity index (χ2n) is 1.68. The molecule has 0 rings (SSSR count). The van der Waals surface area contributed by atoms with Gasteiger partial charge in [0.1, 0.15) is 11.2 Å². The highest BCUT2D eigenvalue weighted by molar-refractivity contribution is 7.62. The predicted octanol–water partition coefficient (Wildman–Crippen LogP) is 1.63. The summed E-state index contributed by atoms with van der Waals surface area (Å²) in [7, 11) is -2.75. The molecule has 0 radical (unpaired) electrons. The van der Waals surface area contributed by atoms with Crippen LogP contribution < -0.4 is 5.73 Å². The van der Waals surface area contributed by atoms with Gasteiger partial charge >= 0.3 is 0 Å². The maximum atomic E-state index is 11.2. The first-order valence-electron chi connectivity index (χ1n) is 2.73. The molecule has 0 aromatic carbocycles. The highest BCUT2D eigenvalue weighted by Crippen LogP contribution is 2.48. The number of alkyl halides is 2. The number of rotatable bonds is 5. The van der Waals surface area contributed by atoms with Gasteiger partial charge < -0.3 is 10.3 Å². The van der Waals surface area contributed by atoms with Crippen molar-refractivity contribution in [1.29, 1.82) is 0 Å². The lowest BCUT2D eigenvalue weighted by atomic mass is 10.8. The molecule has 2 N–H and O–H groups in total. The van der Waals surface area contributed by atoms with Crippen molar-refractivity contribution in [1.82, 2.24) is 0 Å². The van der Waals surface area contributed by atoms with Gasteiger partial charge in [-0.1, -0.05) is 0 Å². The van der Waals surface area contributed by atoms with Gasteiger partial charge in [0.05, 0.1) is 6.61 Å². The molecule has 62 valence electrons. The van der Waals surface area contributed by atoms with E-state index < -0.39 is 7.37 Å². The minimum atomic E-state index is -2.75. The summed E-state index contributed by atoms with van der Waals surface area (Å²) in [6.07, 6.45) is 0. The summed E-state index contributed by atoms with van der Waals surface area (Å²) in [6, 6.07) is 0. The lowest BCUT2D eigenvalue weighted by molar-refractivity contribution is 0.328. The summed E-state index contributed by atoms with van der Waals surface area (Å²) in [5.74, 6) is 0. The molecule has 0 aliphatic carbocycles. The normalized spacial score (nSPS) is 11.9. The van der Waals surface area contributed by atoms with Gasteiger partial charge in [-0.15, -0.1) is 23.2 Å². The quantitative estimate of drug-likeness (QED) is 0.549. The van der Waals surface area contributed by atoms with Crippen LogP contribution in [0.5, 0.6) is 0 Å². The molecule has 6 heteroatoms. The summed E-state index contributed by atoms with van der Waals surface area (Å²) in [5.41, 5.74) is 5.02. The van der Waals surface area contributed by atoms with Crippen LogP contribution in [0.15, 0.2) is 0 Å². The zero-order chi connectivity index (χ0) is 8.04. The van der Waals surface area contributed by atoms with Crippen molar-refractivity contribution < 1.29 is 9.09 Å². The molecule has 10 heavy (non-hydrogen) atoms. The van der Waals surface area contributed by atoms with E-state index in [0.29, 0.717) is 6.54 Å². The third-order valence-corrected chi connectivity index (χ3v) is 4.38. The number of nitrogens with two attached hydrogens (primary N) is 1. The molecule has 0 atom stereocenters. The Hall–Kier alpha value is 0.730. The molecule has 0 heterocycles. The van der Waals surface area contributed by atoms with Crippen molar-refractivity contribution in [3.05, 3.63) is 0 Å². The first kappa shape index (κ1) is 10.7. The molecular weight excluding hydrogens is 196 g/mol. The summed E-state index contributed by atoms with van der Waals surface area (Å²) in [5, 5.41) is 0. The van der Waals surface area contributed by atoms with Crippen LogP contribution in [-0.4, -0.2) is 24.4 Å². The Morgan fingerprint density at radius 3 is 2.20 bits per heavy atom. The summed E-state index contributed by atoms with van der Waals surface area (Å²) in [6.45, 7) is 0.578. The third-order valence-electron chi connectivity index (χ3n) is 0.809. The monoisotopic (exact) mass is 205 g/mol. The van der Waals surface area contributed by atoms with Crippen molar-refractivity contribution in [3.8, 4) is 0 Å². The fourth-order valence-corrected chi connectivity index (χ4v) is 2.14. The molecule has 0 amide bonds. The topological polar surface area (TPSA) is 52.3 Å². The van der Waals surface area contributed by atoms with E-state index in [9.17, 15) is 4.57 Å². The Morgan fingerprint density at radius 2 is 1.90 bits per heavy atom. The predicted molar refractivity (Wildman–Crippen MR) is 44.1 cm³/mol. The second-order valence-corrected chi connectivity index (χ2v) is 5.48. The highest BCUT2D eigenvalue weighted by atomic mass is 35.5. The summed E-state index contributed by atoms with van der Waals surface area (Å²) in [4.78, 5) is 0. The van der Waals surface area contributed by atoms with Gasteiger partial charge in [0.25, 0.3) is 0 Å². The minimum Gasteiger partial charge on any atom is -0.328 e. The average Bonchev–Trinajstić information content (AvgIpc) is 2.00. The SMILES string of the molecule is NCCOP(=O)(CCl)CCl.